The molecular formula is C19H15F2N5. The monoisotopic (exact) mass is 351 g/mol. The van der Waals surface area contributed by atoms with Crippen molar-refractivity contribution in [3.63, 3.8) is 0 Å². The van der Waals surface area contributed by atoms with Gasteiger partial charge in [-0.3, -0.25) is 0 Å². The highest BCUT2D eigenvalue weighted by molar-refractivity contribution is 5.85. The van der Waals surface area contributed by atoms with E-state index < -0.39 is 0 Å². The number of aryl methyl sites for hydroxylation is 1. The molecule has 130 valence electrons. The van der Waals surface area contributed by atoms with Gasteiger partial charge in [-0.05, 0) is 49.4 Å². The van der Waals surface area contributed by atoms with Crippen LogP contribution in [0.2, 0.25) is 0 Å². The average Bonchev–Trinajstić information content (AvgIpc) is 2.99. The van der Waals surface area contributed by atoms with Gasteiger partial charge in [-0.1, -0.05) is 6.07 Å². The minimum absolute atomic E-state index is 0.277. The summed E-state index contributed by atoms with van der Waals surface area (Å²) < 4.78 is 27.9. The number of anilines is 4. The summed E-state index contributed by atoms with van der Waals surface area (Å²) in [4.78, 5) is 11.5. The number of halogens is 2. The molecule has 0 fully saturated rings. The molecule has 3 N–H and O–H groups in total. The molecule has 2 heterocycles. The molecule has 0 spiro atoms. The number of aromatic nitrogens is 3. The van der Waals surface area contributed by atoms with Crippen LogP contribution in [0.15, 0.2) is 54.7 Å². The fraction of sp³-hybridized carbons (Fsp3) is 0.0526. The first-order chi connectivity index (χ1) is 12.6. The van der Waals surface area contributed by atoms with Gasteiger partial charge < -0.3 is 15.6 Å². The molecule has 26 heavy (non-hydrogen) atoms. The number of fused-ring (bicyclic) bond motifs is 1. The van der Waals surface area contributed by atoms with Gasteiger partial charge in [0.25, 0.3) is 0 Å². The zero-order valence-corrected chi connectivity index (χ0v) is 13.8. The van der Waals surface area contributed by atoms with Crippen molar-refractivity contribution in [2.24, 2.45) is 0 Å². The number of nitrogens with one attached hydrogen (secondary N) is 3. The quantitative estimate of drug-likeness (QED) is 0.482. The lowest BCUT2D eigenvalue weighted by Crippen LogP contribution is -2.01. The van der Waals surface area contributed by atoms with Crippen molar-refractivity contribution in [3.05, 3.63) is 72.1 Å². The molecule has 2 aromatic heterocycles. The molecule has 7 heteroatoms. The zero-order chi connectivity index (χ0) is 18.1. The standard InChI is InChI=1S/C19H15F2N5/c1-11-9-14-15(23-11)5-6-16(18(14)21)25-17-7-8-22-19(26-17)24-13-4-2-3-12(20)10-13/h2-10,23H,1H3,(H2,22,24,25,26). The maximum atomic E-state index is 14.7. The second-order valence-electron chi connectivity index (χ2n) is 5.87. The van der Waals surface area contributed by atoms with E-state index in [4.69, 9.17) is 0 Å². The molecule has 4 rings (SSSR count). The Labute approximate surface area is 148 Å². The van der Waals surface area contributed by atoms with Gasteiger partial charge in [0.1, 0.15) is 11.6 Å². The van der Waals surface area contributed by atoms with Gasteiger partial charge in [-0.15, -0.1) is 0 Å². The molecule has 0 atom stereocenters. The van der Waals surface area contributed by atoms with E-state index in [2.05, 4.69) is 25.6 Å². The minimum atomic E-state index is -0.360. The van der Waals surface area contributed by atoms with Gasteiger partial charge in [0.15, 0.2) is 5.82 Å². The van der Waals surface area contributed by atoms with Gasteiger partial charge >= 0.3 is 0 Å². The summed E-state index contributed by atoms with van der Waals surface area (Å²) in [6, 6.07) is 12.8. The fourth-order valence-corrected chi connectivity index (χ4v) is 2.73. The first-order valence-electron chi connectivity index (χ1n) is 7.99. The molecular weight excluding hydrogens is 336 g/mol. The summed E-state index contributed by atoms with van der Waals surface area (Å²) >= 11 is 0. The molecule has 0 saturated heterocycles. The molecule has 2 aromatic carbocycles. The van der Waals surface area contributed by atoms with Crippen molar-refractivity contribution >= 4 is 34.0 Å². The van der Waals surface area contributed by atoms with Gasteiger partial charge in [-0.2, -0.15) is 4.98 Å². The van der Waals surface area contributed by atoms with Crippen LogP contribution >= 0.6 is 0 Å². The lowest BCUT2D eigenvalue weighted by molar-refractivity contribution is 0.628. The topological polar surface area (TPSA) is 65.6 Å². The number of nitrogens with zero attached hydrogens (tertiary/aromatic N) is 2. The van der Waals surface area contributed by atoms with E-state index in [0.717, 1.165) is 11.2 Å². The Morgan fingerprint density at radius 1 is 1.00 bits per heavy atom. The first kappa shape index (κ1) is 16.0. The van der Waals surface area contributed by atoms with Crippen LogP contribution in [-0.4, -0.2) is 15.0 Å². The number of hydrogen-bond acceptors (Lipinski definition) is 4. The molecule has 0 bridgehead atoms. The van der Waals surface area contributed by atoms with Crippen LogP contribution < -0.4 is 10.6 Å². The molecule has 0 saturated carbocycles. The highest BCUT2D eigenvalue weighted by Crippen LogP contribution is 2.27. The lowest BCUT2D eigenvalue weighted by Gasteiger charge is -2.09. The predicted octanol–water partition coefficient (Wildman–Crippen LogP) is 5.03. The van der Waals surface area contributed by atoms with Gasteiger partial charge in [0.05, 0.1) is 5.69 Å². The summed E-state index contributed by atoms with van der Waals surface area (Å²) in [6.45, 7) is 1.88. The van der Waals surface area contributed by atoms with Crippen molar-refractivity contribution in [2.75, 3.05) is 10.6 Å². The third-order valence-corrected chi connectivity index (χ3v) is 3.87. The Bertz CT molecular complexity index is 1090. The predicted molar refractivity (Wildman–Crippen MR) is 98.0 cm³/mol. The van der Waals surface area contributed by atoms with Crippen LogP contribution in [0.5, 0.6) is 0 Å². The van der Waals surface area contributed by atoms with Crippen molar-refractivity contribution < 1.29 is 8.78 Å². The first-order valence-corrected chi connectivity index (χ1v) is 7.99. The molecule has 4 aromatic rings. The molecule has 0 aliphatic rings. The number of rotatable bonds is 4. The summed E-state index contributed by atoms with van der Waals surface area (Å²) in [5, 5.41) is 6.39. The summed E-state index contributed by atoms with van der Waals surface area (Å²) in [6.07, 6.45) is 1.54. The van der Waals surface area contributed by atoms with E-state index in [-0.39, 0.29) is 17.6 Å². The summed E-state index contributed by atoms with van der Waals surface area (Å²) in [7, 11) is 0. The molecule has 0 radical (unpaired) electrons. The summed E-state index contributed by atoms with van der Waals surface area (Å²) in [5.41, 5.74) is 2.46. The number of benzene rings is 2. The van der Waals surface area contributed by atoms with E-state index in [0.29, 0.717) is 22.6 Å². The molecule has 0 amide bonds. The highest BCUT2D eigenvalue weighted by atomic mass is 19.1. The largest absolute Gasteiger partial charge is 0.359 e. The van der Waals surface area contributed by atoms with Crippen LogP contribution in [0.25, 0.3) is 10.9 Å². The normalized spacial score (nSPS) is 10.9. The second kappa shape index (κ2) is 6.44. The van der Waals surface area contributed by atoms with Crippen molar-refractivity contribution in [3.8, 4) is 0 Å². The van der Waals surface area contributed by atoms with E-state index in [9.17, 15) is 8.78 Å². The summed E-state index contributed by atoms with van der Waals surface area (Å²) in [5.74, 6) is -0.0180. The van der Waals surface area contributed by atoms with E-state index in [1.807, 2.05) is 6.92 Å². The Morgan fingerprint density at radius 2 is 1.88 bits per heavy atom. The van der Waals surface area contributed by atoms with Gasteiger partial charge in [0.2, 0.25) is 5.95 Å². The molecule has 5 nitrogen and oxygen atoms in total. The SMILES string of the molecule is Cc1cc2c(F)c(Nc3ccnc(Nc4cccc(F)c4)n3)ccc2[nH]1. The fourth-order valence-electron chi connectivity index (χ4n) is 2.73. The molecule has 0 aliphatic heterocycles. The zero-order valence-electron chi connectivity index (χ0n) is 13.8. The van der Waals surface area contributed by atoms with Crippen LogP contribution in [0, 0.1) is 18.6 Å². The third-order valence-electron chi connectivity index (χ3n) is 3.87. The third kappa shape index (κ3) is 3.19. The Balaban J connectivity index is 1.60. The number of aromatic amines is 1. The smallest absolute Gasteiger partial charge is 0.229 e. The highest BCUT2D eigenvalue weighted by Gasteiger charge is 2.10. The van der Waals surface area contributed by atoms with Crippen LogP contribution in [0.4, 0.5) is 31.9 Å². The van der Waals surface area contributed by atoms with E-state index in [1.165, 1.54) is 18.3 Å². The van der Waals surface area contributed by atoms with Crippen LogP contribution in [-0.2, 0) is 0 Å². The minimum Gasteiger partial charge on any atom is -0.359 e. The van der Waals surface area contributed by atoms with Gasteiger partial charge in [0, 0.05) is 28.5 Å². The van der Waals surface area contributed by atoms with Gasteiger partial charge in [-0.25, -0.2) is 13.8 Å². The van der Waals surface area contributed by atoms with Crippen molar-refractivity contribution in [2.45, 2.75) is 6.92 Å². The second-order valence-corrected chi connectivity index (χ2v) is 5.87. The van der Waals surface area contributed by atoms with Crippen molar-refractivity contribution in [1.29, 1.82) is 0 Å². The number of hydrogen-bond donors (Lipinski definition) is 3. The molecule has 0 aliphatic carbocycles. The maximum absolute atomic E-state index is 14.7. The Morgan fingerprint density at radius 3 is 2.73 bits per heavy atom. The molecule has 0 unspecified atom stereocenters. The van der Waals surface area contributed by atoms with Crippen LogP contribution in [0.1, 0.15) is 5.69 Å². The van der Waals surface area contributed by atoms with E-state index in [1.54, 1.807) is 36.4 Å². The lowest BCUT2D eigenvalue weighted by atomic mass is 10.2. The van der Waals surface area contributed by atoms with E-state index >= 15 is 0 Å². The maximum Gasteiger partial charge on any atom is 0.229 e. The number of H-pyrrole nitrogens is 1. The van der Waals surface area contributed by atoms with Crippen LogP contribution in [0.3, 0.4) is 0 Å². The van der Waals surface area contributed by atoms with Crippen molar-refractivity contribution in [1.82, 2.24) is 15.0 Å². The Hall–Kier alpha value is -3.48. The Kier molecular flexibility index (Phi) is 3.96. The average molecular weight is 351 g/mol.